The Morgan fingerprint density at radius 2 is 1.20 bits per heavy atom. The van der Waals surface area contributed by atoms with Crippen LogP contribution in [0.1, 0.15) is 93.7 Å². The number of rotatable bonds is 7. The van der Waals surface area contributed by atoms with E-state index in [-0.39, 0.29) is 29.0 Å². The van der Waals surface area contributed by atoms with E-state index >= 15 is 0 Å². The summed E-state index contributed by atoms with van der Waals surface area (Å²) in [6.07, 6.45) is 10.8. The van der Waals surface area contributed by atoms with Gasteiger partial charge in [0.05, 0.1) is 45.2 Å². The van der Waals surface area contributed by atoms with Crippen molar-refractivity contribution < 1.29 is 18.4 Å². The van der Waals surface area contributed by atoms with E-state index < -0.39 is 5.54 Å². The average Bonchev–Trinajstić information content (AvgIpc) is 4.22. The highest BCUT2D eigenvalue weighted by molar-refractivity contribution is 6.29. The molecule has 0 atom stereocenters. The lowest BCUT2D eigenvalue weighted by molar-refractivity contribution is 0.0921. The third kappa shape index (κ3) is 9.81. The predicted octanol–water partition coefficient (Wildman–Crippen LogP) is 8.26. The third-order valence-corrected chi connectivity index (χ3v) is 11.3. The van der Waals surface area contributed by atoms with Crippen molar-refractivity contribution in [3.05, 3.63) is 160 Å². The van der Waals surface area contributed by atoms with Crippen molar-refractivity contribution in [3.63, 3.8) is 0 Å². The lowest BCUT2D eigenvalue weighted by Crippen LogP contribution is -2.36. The topological polar surface area (TPSA) is 151 Å². The Labute approximate surface area is 357 Å². The molecule has 0 bridgehead atoms. The monoisotopic (exact) mass is 842 g/mol. The summed E-state index contributed by atoms with van der Waals surface area (Å²) in [4.78, 5) is 53.4. The summed E-state index contributed by atoms with van der Waals surface area (Å²) >= 11 is 5.49. The minimum absolute atomic E-state index is 0.180. The molecule has 6 aromatic rings. The number of amides is 2. The van der Waals surface area contributed by atoms with Gasteiger partial charge in [-0.05, 0) is 150 Å². The van der Waals surface area contributed by atoms with Gasteiger partial charge in [0.15, 0.2) is 0 Å². The standard InChI is InChI=1S/C23H22FN5O.C18H18FN3O.C5H5ClN2/c1-15-25-13-10-21(26-15)29-14-2-3-18-19(29)8-9-20(27-18)23(11-12-23)28-22(30)16-4-6-17(24)7-5-16;19-13-5-3-12(4-6-13)17(23)22-18(9-10-18)16-8-7-14-15(21-16)2-1-11-20-14;1-4-7-3-2-5(6)8-4/h4-10,13H,2-3,11-12,14H2,1H3,(H,28,30);3-8,20H,1-2,9-11H2,(H,22,23);2-3H,1H3. The van der Waals surface area contributed by atoms with Crippen molar-refractivity contribution in [2.75, 3.05) is 23.3 Å². The van der Waals surface area contributed by atoms with Gasteiger partial charge in [-0.15, -0.1) is 0 Å². The minimum Gasteiger partial charge on any atom is -0.384 e. The molecule has 4 aliphatic rings. The maximum atomic E-state index is 13.1. The summed E-state index contributed by atoms with van der Waals surface area (Å²) in [5.41, 5.74) is 6.19. The molecule has 2 amide bonds. The normalized spacial score (nSPS) is 16.1. The van der Waals surface area contributed by atoms with Gasteiger partial charge < -0.3 is 20.9 Å². The number of carbonyl (C=O) groups excluding carboxylic acids is 2. The van der Waals surface area contributed by atoms with Gasteiger partial charge in [0.2, 0.25) is 0 Å². The Morgan fingerprint density at radius 3 is 1.74 bits per heavy atom. The van der Waals surface area contributed by atoms with Crippen LogP contribution in [-0.4, -0.2) is 54.8 Å². The van der Waals surface area contributed by atoms with Crippen LogP contribution in [0.5, 0.6) is 0 Å². The lowest BCUT2D eigenvalue weighted by atomic mass is 10.0. The number of halogens is 3. The van der Waals surface area contributed by atoms with E-state index in [1.807, 2.05) is 25.1 Å². The van der Waals surface area contributed by atoms with Gasteiger partial charge in [0, 0.05) is 36.6 Å². The fraction of sp³-hybridized carbons (Fsp3) is 0.304. The largest absolute Gasteiger partial charge is 0.384 e. The molecule has 61 heavy (non-hydrogen) atoms. The van der Waals surface area contributed by atoms with E-state index in [1.54, 1.807) is 25.4 Å². The highest BCUT2D eigenvalue weighted by Crippen LogP contribution is 2.47. The Hall–Kier alpha value is -6.41. The number of hydrogen-bond donors (Lipinski definition) is 3. The van der Waals surface area contributed by atoms with Gasteiger partial charge in [0.25, 0.3) is 11.8 Å². The summed E-state index contributed by atoms with van der Waals surface area (Å²) in [6, 6.07) is 22.9. The van der Waals surface area contributed by atoms with Crippen LogP contribution in [0.25, 0.3) is 0 Å². The van der Waals surface area contributed by atoms with Gasteiger partial charge in [-0.3, -0.25) is 19.6 Å². The van der Waals surface area contributed by atoms with Gasteiger partial charge >= 0.3 is 0 Å². The maximum absolute atomic E-state index is 13.1. The second-order valence-corrected chi connectivity index (χ2v) is 16.0. The number of nitrogens with zero attached hydrogens (tertiary/aromatic N) is 7. The zero-order valence-electron chi connectivity index (χ0n) is 33.9. The van der Waals surface area contributed by atoms with Gasteiger partial charge in [0.1, 0.15) is 34.3 Å². The van der Waals surface area contributed by atoms with Crippen LogP contribution in [-0.2, 0) is 23.9 Å². The van der Waals surface area contributed by atoms with Crippen LogP contribution >= 0.6 is 11.6 Å². The first kappa shape index (κ1) is 41.3. The molecular formula is C46H45ClF2N10O2. The van der Waals surface area contributed by atoms with Crippen molar-refractivity contribution >= 4 is 40.6 Å². The number of anilines is 3. The first-order valence-corrected chi connectivity index (χ1v) is 20.8. The molecule has 6 heterocycles. The first-order chi connectivity index (χ1) is 29.5. The summed E-state index contributed by atoms with van der Waals surface area (Å²) < 4.78 is 26.1. The van der Waals surface area contributed by atoms with E-state index in [2.05, 4.69) is 52.9 Å². The molecular weight excluding hydrogens is 798 g/mol. The van der Waals surface area contributed by atoms with Crippen LogP contribution in [0, 0.1) is 25.5 Å². The minimum atomic E-state index is -0.436. The van der Waals surface area contributed by atoms with Crippen LogP contribution in [0.15, 0.2) is 97.3 Å². The average molecular weight is 843 g/mol. The van der Waals surface area contributed by atoms with Crippen molar-refractivity contribution in [2.24, 2.45) is 0 Å². The number of hydrogen-bond acceptors (Lipinski definition) is 10. The SMILES string of the molecule is Cc1nccc(Cl)n1.Cc1nccc(N2CCCc3nc(C4(NC(=O)c5ccc(F)cc5)CC4)ccc32)n1.O=C(NC1(c2ccc3c(n2)CCCN3)CC1)c1ccc(F)cc1. The predicted molar refractivity (Wildman–Crippen MR) is 229 cm³/mol. The van der Waals surface area contributed by atoms with Gasteiger partial charge in [-0.1, -0.05) is 11.6 Å². The Bertz CT molecular complexity index is 2530. The van der Waals surface area contributed by atoms with E-state index in [0.717, 1.165) is 110 Å². The molecule has 12 nitrogen and oxygen atoms in total. The first-order valence-electron chi connectivity index (χ1n) is 20.4. The number of carbonyl (C=O) groups is 2. The number of pyridine rings is 2. The molecule has 312 valence electrons. The van der Waals surface area contributed by atoms with Crippen molar-refractivity contribution in [2.45, 2.75) is 76.3 Å². The molecule has 10 rings (SSSR count). The summed E-state index contributed by atoms with van der Waals surface area (Å²) in [6.45, 7) is 5.56. The summed E-state index contributed by atoms with van der Waals surface area (Å²) in [5.74, 6) is 1.25. The van der Waals surface area contributed by atoms with E-state index in [4.69, 9.17) is 21.6 Å². The molecule has 0 unspecified atom stereocenters. The molecule has 4 aromatic heterocycles. The number of fused-ring (bicyclic) bond motifs is 2. The Morgan fingerprint density at radius 1 is 0.656 bits per heavy atom. The molecule has 15 heteroatoms. The zero-order chi connectivity index (χ0) is 42.6. The van der Waals surface area contributed by atoms with Gasteiger partial charge in [-0.2, -0.15) is 0 Å². The quantitative estimate of drug-likeness (QED) is 0.134. The fourth-order valence-corrected chi connectivity index (χ4v) is 7.67. The number of nitrogens with one attached hydrogen (secondary N) is 3. The van der Waals surface area contributed by atoms with Crippen molar-refractivity contribution in [3.8, 4) is 0 Å². The van der Waals surface area contributed by atoms with Crippen molar-refractivity contribution in [1.29, 1.82) is 0 Å². The molecule has 2 fully saturated rings. The van der Waals surface area contributed by atoms with E-state index in [1.165, 1.54) is 48.5 Å². The molecule has 2 saturated carbocycles. The van der Waals surface area contributed by atoms with Gasteiger partial charge in [-0.25, -0.2) is 28.7 Å². The van der Waals surface area contributed by atoms with E-state index in [9.17, 15) is 18.4 Å². The highest BCUT2D eigenvalue weighted by atomic mass is 35.5. The number of aryl methyl sites for hydroxylation is 4. The number of benzene rings is 2. The maximum Gasteiger partial charge on any atom is 0.252 e. The molecule has 2 aliphatic heterocycles. The molecule has 2 aliphatic carbocycles. The van der Waals surface area contributed by atoms with Crippen LogP contribution in [0.2, 0.25) is 5.15 Å². The highest BCUT2D eigenvalue weighted by Gasteiger charge is 2.48. The second-order valence-electron chi connectivity index (χ2n) is 15.6. The molecule has 0 saturated heterocycles. The summed E-state index contributed by atoms with van der Waals surface area (Å²) in [5, 5.41) is 10.0. The van der Waals surface area contributed by atoms with Crippen LogP contribution in [0.4, 0.5) is 26.0 Å². The van der Waals surface area contributed by atoms with Crippen LogP contribution in [0.3, 0.4) is 0 Å². The molecule has 0 radical (unpaired) electrons. The Kier molecular flexibility index (Phi) is 12.0. The molecule has 2 aromatic carbocycles. The van der Waals surface area contributed by atoms with Crippen molar-refractivity contribution in [1.82, 2.24) is 40.5 Å². The Balaban J connectivity index is 0.000000146. The number of aromatic nitrogens is 6. The van der Waals surface area contributed by atoms with E-state index in [0.29, 0.717) is 22.1 Å². The summed E-state index contributed by atoms with van der Waals surface area (Å²) in [7, 11) is 0. The molecule has 3 N–H and O–H groups in total. The molecule has 0 spiro atoms. The third-order valence-electron chi connectivity index (χ3n) is 11.1. The zero-order valence-corrected chi connectivity index (χ0v) is 34.6. The lowest BCUT2D eigenvalue weighted by Gasteiger charge is -2.30. The smallest absolute Gasteiger partial charge is 0.252 e. The van der Waals surface area contributed by atoms with Crippen LogP contribution < -0.4 is 20.9 Å². The fourth-order valence-electron chi connectivity index (χ4n) is 7.49. The second kappa shape index (κ2) is 17.7.